The van der Waals surface area contributed by atoms with Gasteiger partial charge in [0.25, 0.3) is 17.3 Å². The molecule has 0 unspecified atom stereocenters. The maximum absolute atomic E-state index is 12.5. The van der Waals surface area contributed by atoms with Crippen molar-refractivity contribution in [2.75, 3.05) is 0 Å². The van der Waals surface area contributed by atoms with Gasteiger partial charge in [0.1, 0.15) is 5.75 Å². The van der Waals surface area contributed by atoms with Crippen molar-refractivity contribution in [3.05, 3.63) is 109 Å². The summed E-state index contributed by atoms with van der Waals surface area (Å²) < 4.78 is 40.9. The fourth-order valence-corrected chi connectivity index (χ4v) is 4.02. The average molecular weight is 516 g/mol. The first-order valence-electron chi connectivity index (χ1n) is 10.9. The van der Waals surface area contributed by atoms with Crippen molar-refractivity contribution in [2.24, 2.45) is 0 Å². The first-order valence-corrected chi connectivity index (χ1v) is 10.9. The molecule has 1 aliphatic rings. The number of alkyl halides is 3. The molecule has 10 nitrogen and oxygen atoms in total. The molecule has 0 spiro atoms. The summed E-state index contributed by atoms with van der Waals surface area (Å²) in [5.74, 6) is -0.973. The molecule has 0 radical (unpaired) electrons. The summed E-state index contributed by atoms with van der Waals surface area (Å²) in [5.41, 5.74) is 2.37. The van der Waals surface area contributed by atoms with Crippen molar-refractivity contribution in [3.8, 4) is 5.75 Å². The highest BCUT2D eigenvalue weighted by Gasteiger charge is 2.31. The van der Waals surface area contributed by atoms with Gasteiger partial charge in [-0.25, -0.2) is 0 Å². The smallest absolute Gasteiger partial charge is 0.406 e. The van der Waals surface area contributed by atoms with Crippen LogP contribution in [0.4, 0.5) is 24.5 Å². The Balaban J connectivity index is 1.36. The van der Waals surface area contributed by atoms with E-state index < -0.39 is 33.5 Å². The Labute approximate surface area is 207 Å². The average Bonchev–Trinajstić information content (AvgIpc) is 3.24. The second-order valence-electron chi connectivity index (χ2n) is 8.37. The van der Waals surface area contributed by atoms with Crippen LogP contribution in [-0.4, -0.2) is 27.0 Å². The number of fused-ring (bicyclic) bond motifs is 1. The molecule has 1 N–H and O–H groups in total. The maximum Gasteiger partial charge on any atom is 0.573 e. The molecule has 1 heterocycles. The van der Waals surface area contributed by atoms with Crippen LogP contribution >= 0.6 is 0 Å². The van der Waals surface area contributed by atoms with Crippen molar-refractivity contribution >= 4 is 17.3 Å². The number of amides is 1. The molecular formula is C24H19F3N4O6. The summed E-state index contributed by atoms with van der Waals surface area (Å²) >= 11 is 0. The Bertz CT molecular complexity index is 1330. The molecule has 0 fully saturated rings. The molecule has 3 aromatic rings. The number of hydrogen-bond donors (Lipinski definition) is 1. The zero-order valence-electron chi connectivity index (χ0n) is 19.0. The summed E-state index contributed by atoms with van der Waals surface area (Å²) in [4.78, 5) is 35.1. The molecule has 1 amide bonds. The number of carbonyl (C=O) groups excluding carboxylic acids is 1. The quantitative estimate of drug-likeness (QED) is 0.335. The van der Waals surface area contributed by atoms with Gasteiger partial charge in [0, 0.05) is 38.3 Å². The lowest BCUT2D eigenvalue weighted by Gasteiger charge is -2.15. The van der Waals surface area contributed by atoms with E-state index in [0.717, 1.165) is 40.5 Å². The lowest BCUT2D eigenvalue weighted by Crippen LogP contribution is -2.23. The molecule has 0 aromatic heterocycles. The van der Waals surface area contributed by atoms with E-state index in [-0.39, 0.29) is 17.9 Å². The minimum absolute atomic E-state index is 0.100. The molecule has 1 aliphatic heterocycles. The summed E-state index contributed by atoms with van der Waals surface area (Å²) in [7, 11) is 0. The minimum atomic E-state index is -4.74. The predicted octanol–water partition coefficient (Wildman–Crippen LogP) is 4.85. The lowest BCUT2D eigenvalue weighted by molar-refractivity contribution is -0.394. The summed E-state index contributed by atoms with van der Waals surface area (Å²) in [5, 5.41) is 24.7. The summed E-state index contributed by atoms with van der Waals surface area (Å²) in [6.07, 6.45) is -4.74. The number of nitrogens with one attached hydrogen (secondary N) is 1. The Morgan fingerprint density at radius 2 is 1.49 bits per heavy atom. The van der Waals surface area contributed by atoms with E-state index in [1.807, 2.05) is 18.2 Å². The Morgan fingerprint density at radius 1 is 0.892 bits per heavy atom. The second-order valence-corrected chi connectivity index (χ2v) is 8.37. The van der Waals surface area contributed by atoms with E-state index in [1.165, 1.54) is 12.1 Å². The molecule has 0 aliphatic carbocycles. The van der Waals surface area contributed by atoms with Crippen molar-refractivity contribution < 1.29 is 32.5 Å². The third-order valence-electron chi connectivity index (χ3n) is 5.66. The Kier molecular flexibility index (Phi) is 7.07. The van der Waals surface area contributed by atoms with Crippen LogP contribution < -0.4 is 10.1 Å². The highest BCUT2D eigenvalue weighted by molar-refractivity contribution is 5.95. The molecule has 0 bridgehead atoms. The van der Waals surface area contributed by atoms with Crippen molar-refractivity contribution in [2.45, 2.75) is 32.5 Å². The molecule has 3 aromatic carbocycles. The van der Waals surface area contributed by atoms with Crippen LogP contribution in [0.3, 0.4) is 0 Å². The van der Waals surface area contributed by atoms with Crippen LogP contribution in [-0.2, 0) is 26.2 Å². The topological polar surface area (TPSA) is 128 Å². The maximum atomic E-state index is 12.5. The van der Waals surface area contributed by atoms with Crippen LogP contribution in [0, 0.1) is 20.2 Å². The number of halogens is 3. The van der Waals surface area contributed by atoms with Gasteiger partial charge < -0.3 is 10.1 Å². The van der Waals surface area contributed by atoms with Crippen molar-refractivity contribution in [1.29, 1.82) is 0 Å². The second kappa shape index (κ2) is 10.2. The molecule has 0 saturated heterocycles. The fourth-order valence-electron chi connectivity index (χ4n) is 4.02. The normalized spacial score (nSPS) is 13.2. The molecule has 13 heteroatoms. The Morgan fingerprint density at radius 3 is 2.08 bits per heavy atom. The number of carbonyl (C=O) groups is 1. The third kappa shape index (κ3) is 6.58. The first kappa shape index (κ1) is 25.6. The number of nitro groups is 2. The van der Waals surface area contributed by atoms with Crippen LogP contribution in [0.2, 0.25) is 0 Å². The monoisotopic (exact) mass is 516 g/mol. The van der Waals surface area contributed by atoms with Crippen LogP contribution in [0.25, 0.3) is 0 Å². The van der Waals surface area contributed by atoms with Crippen molar-refractivity contribution in [1.82, 2.24) is 10.2 Å². The standard InChI is InChI=1S/C24H19F3N4O6/c25-24(26,27)37-22-5-2-15(3-6-22)12-29-13-17-4-1-16(7-19(17)14-29)11-28-23(32)18-8-20(30(33)34)10-21(9-18)31(35)36/h1-10H,11-14H2,(H,28,32). The van der Waals surface area contributed by atoms with E-state index in [1.54, 1.807) is 12.1 Å². The van der Waals surface area contributed by atoms with Gasteiger partial charge in [-0.3, -0.25) is 29.9 Å². The van der Waals surface area contributed by atoms with Crippen LogP contribution in [0.1, 0.15) is 32.6 Å². The highest BCUT2D eigenvalue weighted by Crippen LogP contribution is 2.28. The van der Waals surface area contributed by atoms with Gasteiger partial charge in [-0.1, -0.05) is 30.3 Å². The van der Waals surface area contributed by atoms with Gasteiger partial charge in [0.05, 0.1) is 21.5 Å². The first-order chi connectivity index (χ1) is 17.5. The molecular weight excluding hydrogens is 497 g/mol. The zero-order chi connectivity index (χ0) is 26.7. The van der Waals surface area contributed by atoms with E-state index in [0.29, 0.717) is 19.6 Å². The van der Waals surface area contributed by atoms with E-state index in [2.05, 4.69) is 15.0 Å². The lowest BCUT2D eigenvalue weighted by atomic mass is 10.1. The SMILES string of the molecule is O=C(NCc1ccc2c(c1)CN(Cc1ccc(OC(F)(F)F)cc1)C2)c1cc([N+](=O)[O-])cc([N+](=O)[O-])c1. The largest absolute Gasteiger partial charge is 0.573 e. The molecule has 192 valence electrons. The van der Waals surface area contributed by atoms with Gasteiger partial charge >= 0.3 is 6.36 Å². The number of hydrogen-bond acceptors (Lipinski definition) is 7. The molecule has 4 rings (SSSR count). The molecule has 37 heavy (non-hydrogen) atoms. The number of benzene rings is 3. The third-order valence-corrected chi connectivity index (χ3v) is 5.66. The molecule has 0 saturated carbocycles. The number of non-ortho nitro benzene ring substituents is 2. The Hall–Kier alpha value is -4.52. The van der Waals surface area contributed by atoms with Crippen LogP contribution in [0.15, 0.2) is 60.7 Å². The minimum Gasteiger partial charge on any atom is -0.406 e. The number of ether oxygens (including phenoxy) is 1. The van der Waals surface area contributed by atoms with E-state index >= 15 is 0 Å². The number of nitro benzene ring substituents is 2. The van der Waals surface area contributed by atoms with Gasteiger partial charge in [-0.15, -0.1) is 13.2 Å². The fraction of sp³-hybridized carbons (Fsp3) is 0.208. The van der Waals surface area contributed by atoms with Gasteiger partial charge in [0.15, 0.2) is 0 Å². The number of nitrogens with zero attached hydrogens (tertiary/aromatic N) is 3. The number of rotatable bonds is 8. The predicted molar refractivity (Wildman–Crippen MR) is 123 cm³/mol. The highest BCUT2D eigenvalue weighted by atomic mass is 19.4. The summed E-state index contributed by atoms with van der Waals surface area (Å²) in [6, 6.07) is 14.1. The molecule has 0 atom stereocenters. The van der Waals surface area contributed by atoms with Gasteiger partial charge in [-0.2, -0.15) is 0 Å². The zero-order valence-corrected chi connectivity index (χ0v) is 19.0. The van der Waals surface area contributed by atoms with Crippen LogP contribution in [0.5, 0.6) is 5.75 Å². The summed E-state index contributed by atoms with van der Waals surface area (Å²) in [6.45, 7) is 1.84. The van der Waals surface area contributed by atoms with Gasteiger partial charge in [0.2, 0.25) is 0 Å². The van der Waals surface area contributed by atoms with E-state index in [4.69, 9.17) is 0 Å². The van der Waals surface area contributed by atoms with E-state index in [9.17, 15) is 38.2 Å². The van der Waals surface area contributed by atoms with Gasteiger partial charge in [-0.05, 0) is 34.4 Å². The van der Waals surface area contributed by atoms with Crippen molar-refractivity contribution in [3.63, 3.8) is 0 Å².